The van der Waals surface area contributed by atoms with Gasteiger partial charge in [0.2, 0.25) is 5.91 Å². The Bertz CT molecular complexity index is 990. The van der Waals surface area contributed by atoms with Crippen molar-refractivity contribution in [3.63, 3.8) is 0 Å². The van der Waals surface area contributed by atoms with E-state index in [2.05, 4.69) is 39.6 Å². The number of thiocarbonyl (C=S) groups is 1. The molecule has 3 aromatic rings. The van der Waals surface area contributed by atoms with Crippen molar-refractivity contribution in [3.05, 3.63) is 82.3 Å². The zero-order valence-electron chi connectivity index (χ0n) is 16.0. The highest BCUT2D eigenvalue weighted by molar-refractivity contribution is 7.80. The number of anilines is 1. The Morgan fingerprint density at radius 3 is 2.66 bits per heavy atom. The Morgan fingerprint density at radius 2 is 1.97 bits per heavy atom. The van der Waals surface area contributed by atoms with Gasteiger partial charge < -0.3 is 15.5 Å². The van der Waals surface area contributed by atoms with Crippen LogP contribution in [0.5, 0.6) is 0 Å². The fourth-order valence-corrected chi connectivity index (χ4v) is 4.89. The second kappa shape index (κ2) is 8.71. The maximum absolute atomic E-state index is 12.5. The molecular weight excluding hydrogens is 400 g/mol. The van der Waals surface area contributed by atoms with Crippen molar-refractivity contribution in [2.24, 2.45) is 0 Å². The van der Waals surface area contributed by atoms with E-state index in [1.165, 1.54) is 9.75 Å². The van der Waals surface area contributed by atoms with Gasteiger partial charge in [-0.05, 0) is 55.5 Å². The molecule has 7 heteroatoms. The molecule has 1 amide bonds. The first kappa shape index (κ1) is 19.5. The van der Waals surface area contributed by atoms with Gasteiger partial charge in [-0.3, -0.25) is 9.78 Å². The van der Waals surface area contributed by atoms with Crippen LogP contribution in [0.1, 0.15) is 34.0 Å². The number of thiophene rings is 1. The number of amides is 1. The van der Waals surface area contributed by atoms with Gasteiger partial charge in [0.05, 0.1) is 17.8 Å². The molecule has 0 unspecified atom stereocenters. The molecule has 1 aliphatic rings. The fourth-order valence-electron chi connectivity index (χ4n) is 3.53. The summed E-state index contributed by atoms with van der Waals surface area (Å²) in [5.41, 5.74) is 1.75. The van der Waals surface area contributed by atoms with Crippen molar-refractivity contribution in [1.29, 1.82) is 0 Å². The van der Waals surface area contributed by atoms with E-state index in [4.69, 9.17) is 12.2 Å². The van der Waals surface area contributed by atoms with Crippen LogP contribution >= 0.6 is 23.6 Å². The SMILES string of the molecule is Cc1ccc([C@H]2[C@@H](c3ccccn3)NC(=S)N2CCC(=O)Nc2ccccc2)s1. The van der Waals surface area contributed by atoms with Crippen LogP contribution in [-0.2, 0) is 4.79 Å². The van der Waals surface area contributed by atoms with E-state index >= 15 is 0 Å². The van der Waals surface area contributed by atoms with Crippen LogP contribution in [0.2, 0.25) is 0 Å². The van der Waals surface area contributed by atoms with Gasteiger partial charge in [-0.25, -0.2) is 0 Å². The summed E-state index contributed by atoms with van der Waals surface area (Å²) >= 11 is 7.40. The molecule has 0 aliphatic carbocycles. The number of pyridine rings is 1. The zero-order chi connectivity index (χ0) is 20.2. The summed E-state index contributed by atoms with van der Waals surface area (Å²) in [7, 11) is 0. The minimum Gasteiger partial charge on any atom is -0.352 e. The number of hydrogen-bond donors (Lipinski definition) is 2. The normalized spacial score (nSPS) is 18.5. The first-order valence-electron chi connectivity index (χ1n) is 9.51. The van der Waals surface area contributed by atoms with Crippen LogP contribution in [-0.4, -0.2) is 27.4 Å². The van der Waals surface area contributed by atoms with E-state index in [9.17, 15) is 4.79 Å². The zero-order valence-corrected chi connectivity index (χ0v) is 17.7. The lowest BCUT2D eigenvalue weighted by atomic mass is 10.0. The van der Waals surface area contributed by atoms with Crippen molar-refractivity contribution in [2.45, 2.75) is 25.4 Å². The predicted octanol–water partition coefficient (Wildman–Crippen LogP) is 4.45. The first-order chi connectivity index (χ1) is 14.1. The molecule has 2 N–H and O–H groups in total. The monoisotopic (exact) mass is 422 g/mol. The Morgan fingerprint density at radius 1 is 1.17 bits per heavy atom. The molecule has 0 saturated carbocycles. The van der Waals surface area contributed by atoms with Crippen LogP contribution in [0.4, 0.5) is 5.69 Å². The molecule has 5 nitrogen and oxygen atoms in total. The Kier molecular flexibility index (Phi) is 5.87. The fraction of sp³-hybridized carbons (Fsp3) is 0.227. The van der Waals surface area contributed by atoms with E-state index in [0.29, 0.717) is 18.1 Å². The lowest BCUT2D eigenvalue weighted by Gasteiger charge is -2.26. The van der Waals surface area contributed by atoms with Crippen LogP contribution in [0, 0.1) is 6.92 Å². The number of aromatic nitrogens is 1. The highest BCUT2D eigenvalue weighted by Gasteiger charge is 2.40. The Balaban J connectivity index is 1.52. The molecule has 29 heavy (non-hydrogen) atoms. The second-order valence-corrected chi connectivity index (χ2v) is 8.64. The standard InChI is InChI=1S/C22H22N4OS2/c1-15-10-11-18(29-15)21-20(17-9-5-6-13-23-17)25-22(28)26(21)14-12-19(27)24-16-7-3-2-4-8-16/h2-11,13,20-21H,12,14H2,1H3,(H,24,27)(H,25,28)/t20-,21+/m1/s1. The lowest BCUT2D eigenvalue weighted by Crippen LogP contribution is -2.32. The third-order valence-electron chi connectivity index (χ3n) is 4.89. The molecule has 0 bridgehead atoms. The maximum atomic E-state index is 12.5. The maximum Gasteiger partial charge on any atom is 0.226 e. The van der Waals surface area contributed by atoms with Gasteiger partial charge in [-0.2, -0.15) is 0 Å². The first-order valence-corrected chi connectivity index (χ1v) is 10.7. The molecule has 1 saturated heterocycles. The van der Waals surface area contributed by atoms with Gasteiger partial charge in [-0.15, -0.1) is 11.3 Å². The molecule has 2 aromatic heterocycles. The molecule has 0 radical (unpaired) electrons. The van der Waals surface area contributed by atoms with Crippen molar-refractivity contribution in [3.8, 4) is 0 Å². The highest BCUT2D eigenvalue weighted by Crippen LogP contribution is 2.41. The van der Waals surface area contributed by atoms with Crippen LogP contribution < -0.4 is 10.6 Å². The molecule has 148 valence electrons. The summed E-state index contributed by atoms with van der Waals surface area (Å²) in [6.07, 6.45) is 2.15. The number of nitrogens with one attached hydrogen (secondary N) is 2. The molecule has 1 fully saturated rings. The average molecular weight is 423 g/mol. The third-order valence-corrected chi connectivity index (χ3v) is 6.31. The minimum absolute atomic E-state index is 0.0145. The average Bonchev–Trinajstić information content (AvgIpc) is 3.30. The Labute approximate surface area is 179 Å². The van der Waals surface area contributed by atoms with Gasteiger partial charge in [0.1, 0.15) is 0 Å². The van der Waals surface area contributed by atoms with E-state index in [1.807, 2.05) is 48.5 Å². The van der Waals surface area contributed by atoms with Crippen molar-refractivity contribution in [1.82, 2.24) is 15.2 Å². The van der Waals surface area contributed by atoms with Gasteiger partial charge in [0, 0.05) is 34.6 Å². The predicted molar refractivity (Wildman–Crippen MR) is 121 cm³/mol. The number of hydrogen-bond acceptors (Lipinski definition) is 4. The van der Waals surface area contributed by atoms with Crippen molar-refractivity contribution < 1.29 is 4.79 Å². The number of aryl methyl sites for hydroxylation is 1. The number of carbonyl (C=O) groups excluding carboxylic acids is 1. The van der Waals surface area contributed by atoms with Gasteiger partial charge in [0.25, 0.3) is 0 Å². The van der Waals surface area contributed by atoms with E-state index in [0.717, 1.165) is 11.4 Å². The van der Waals surface area contributed by atoms with Crippen molar-refractivity contribution in [2.75, 3.05) is 11.9 Å². The van der Waals surface area contributed by atoms with Crippen LogP contribution in [0.25, 0.3) is 0 Å². The van der Waals surface area contributed by atoms with Crippen LogP contribution in [0.15, 0.2) is 66.9 Å². The second-order valence-electron chi connectivity index (χ2n) is 6.93. The highest BCUT2D eigenvalue weighted by atomic mass is 32.1. The van der Waals surface area contributed by atoms with Gasteiger partial charge in [-0.1, -0.05) is 24.3 Å². The number of carbonyl (C=O) groups is 1. The molecule has 3 heterocycles. The number of rotatable bonds is 6. The molecule has 1 aliphatic heterocycles. The lowest BCUT2D eigenvalue weighted by molar-refractivity contribution is -0.116. The van der Waals surface area contributed by atoms with E-state index in [1.54, 1.807) is 17.5 Å². The minimum atomic E-state index is -0.0427. The number of para-hydroxylation sites is 1. The summed E-state index contributed by atoms with van der Waals surface area (Å²) < 4.78 is 0. The smallest absolute Gasteiger partial charge is 0.226 e. The largest absolute Gasteiger partial charge is 0.352 e. The topological polar surface area (TPSA) is 57.3 Å². The number of benzene rings is 1. The molecular formula is C22H22N4OS2. The summed E-state index contributed by atoms with van der Waals surface area (Å²) in [5.74, 6) is -0.0265. The summed E-state index contributed by atoms with van der Waals surface area (Å²) in [5, 5.41) is 7.02. The van der Waals surface area contributed by atoms with Gasteiger partial charge >= 0.3 is 0 Å². The summed E-state index contributed by atoms with van der Waals surface area (Å²) in [4.78, 5) is 21.6. The van der Waals surface area contributed by atoms with E-state index in [-0.39, 0.29) is 18.0 Å². The molecule has 4 rings (SSSR count). The summed E-state index contributed by atoms with van der Waals surface area (Å²) in [6, 6.07) is 19.7. The van der Waals surface area contributed by atoms with Crippen molar-refractivity contribution >= 4 is 40.3 Å². The Hall–Kier alpha value is -2.77. The molecule has 0 spiro atoms. The molecule has 1 aromatic carbocycles. The molecule has 2 atom stereocenters. The quantitative estimate of drug-likeness (QED) is 0.575. The van der Waals surface area contributed by atoms with E-state index < -0.39 is 0 Å². The third kappa shape index (κ3) is 4.46. The summed E-state index contributed by atoms with van der Waals surface area (Å²) in [6.45, 7) is 2.64. The van der Waals surface area contributed by atoms with Gasteiger partial charge in [0.15, 0.2) is 5.11 Å². The van der Waals surface area contributed by atoms with Crippen LogP contribution in [0.3, 0.4) is 0 Å². The number of nitrogens with zero attached hydrogens (tertiary/aromatic N) is 2.